The van der Waals surface area contributed by atoms with Gasteiger partial charge in [-0.25, -0.2) is 15.0 Å². The number of nitrogens with one attached hydrogen (secondary N) is 3. The maximum Gasteiger partial charge on any atom is 0.227 e. The highest BCUT2D eigenvalue weighted by Gasteiger charge is 2.27. The van der Waals surface area contributed by atoms with Gasteiger partial charge in [-0.05, 0) is 76.9 Å². The Morgan fingerprint density at radius 2 is 1.59 bits per heavy atom. The van der Waals surface area contributed by atoms with Crippen LogP contribution in [0.15, 0.2) is 60.8 Å². The lowest BCUT2D eigenvalue weighted by Crippen LogP contribution is -2.49. The number of fused-ring (bicyclic) bond motifs is 1. The molecular weight excluding hydrogens is 508 g/mol. The van der Waals surface area contributed by atoms with E-state index in [1.54, 1.807) is 6.20 Å². The van der Waals surface area contributed by atoms with E-state index in [0.29, 0.717) is 23.4 Å². The van der Waals surface area contributed by atoms with E-state index in [-0.39, 0.29) is 17.9 Å². The van der Waals surface area contributed by atoms with E-state index in [1.807, 2.05) is 55.5 Å². The van der Waals surface area contributed by atoms with Crippen molar-refractivity contribution in [1.29, 1.82) is 5.26 Å². The number of aryl methyl sites for hydroxylation is 1. The summed E-state index contributed by atoms with van der Waals surface area (Å²) in [6, 6.07) is 20.7. The second kappa shape index (κ2) is 11.9. The van der Waals surface area contributed by atoms with Crippen LogP contribution in [0.3, 0.4) is 0 Å². The Hall–Kier alpha value is -3.93. The Labute approximate surface area is 236 Å². The number of hydrogen-bond donors (Lipinski definition) is 3. The van der Waals surface area contributed by atoms with Gasteiger partial charge in [0.15, 0.2) is 5.82 Å². The molecule has 0 saturated carbocycles. The lowest BCUT2D eigenvalue weighted by Gasteiger charge is -2.38. The molecule has 0 unspecified atom stereocenters. The van der Waals surface area contributed by atoms with Gasteiger partial charge in [-0.2, -0.15) is 5.26 Å². The third-order valence-electron chi connectivity index (χ3n) is 6.62. The lowest BCUT2D eigenvalue weighted by molar-refractivity contribution is 0.317. The van der Waals surface area contributed by atoms with Crippen LogP contribution in [0.4, 0.5) is 28.8 Å². The summed E-state index contributed by atoms with van der Waals surface area (Å²) < 4.78 is 0. The van der Waals surface area contributed by atoms with Crippen molar-refractivity contribution >= 4 is 52.1 Å². The molecule has 4 aromatic rings. The van der Waals surface area contributed by atoms with Gasteiger partial charge in [0.25, 0.3) is 0 Å². The van der Waals surface area contributed by atoms with Crippen LogP contribution in [0.1, 0.15) is 44.9 Å². The fourth-order valence-corrected chi connectivity index (χ4v) is 4.99. The van der Waals surface area contributed by atoms with Gasteiger partial charge in [0, 0.05) is 53.3 Å². The molecule has 3 N–H and O–H groups in total. The predicted octanol–water partition coefficient (Wildman–Crippen LogP) is 6.47. The highest BCUT2D eigenvalue weighted by molar-refractivity contribution is 5.98. The lowest BCUT2D eigenvalue weighted by atomic mass is 9.98. The van der Waals surface area contributed by atoms with Crippen LogP contribution in [0.2, 0.25) is 0 Å². The minimum absolute atomic E-state index is 0. The Balaban J connectivity index is 0.00000353. The molecule has 1 aliphatic heterocycles. The normalized spacial score (nSPS) is 14.0. The molecule has 3 heterocycles. The molecule has 39 heavy (non-hydrogen) atoms. The Kier molecular flexibility index (Phi) is 8.54. The molecule has 1 fully saturated rings. The SMILES string of the molecule is Cc1ccnc(Nc2ccc(Nc3nc4ccccc4c(N4CCC(NC(C)(C)C)CC4)c3C#N)cc2)n1.Cl. The van der Waals surface area contributed by atoms with Crippen molar-refractivity contribution in [2.24, 2.45) is 0 Å². The molecule has 2 aromatic heterocycles. The van der Waals surface area contributed by atoms with Crippen LogP contribution in [0, 0.1) is 18.3 Å². The van der Waals surface area contributed by atoms with Gasteiger partial charge in [0.2, 0.25) is 5.95 Å². The minimum atomic E-state index is 0. The number of pyridine rings is 1. The van der Waals surface area contributed by atoms with E-state index in [1.165, 1.54) is 0 Å². The average molecular weight is 543 g/mol. The molecule has 0 radical (unpaired) electrons. The molecule has 0 atom stereocenters. The first kappa shape index (κ1) is 28.1. The molecule has 0 amide bonds. The third kappa shape index (κ3) is 6.75. The van der Waals surface area contributed by atoms with Crippen LogP contribution >= 0.6 is 12.4 Å². The fourth-order valence-electron chi connectivity index (χ4n) is 4.99. The molecule has 2 aromatic carbocycles. The van der Waals surface area contributed by atoms with Gasteiger partial charge < -0.3 is 20.9 Å². The third-order valence-corrected chi connectivity index (χ3v) is 6.62. The maximum absolute atomic E-state index is 10.3. The minimum Gasteiger partial charge on any atom is -0.370 e. The number of benzene rings is 2. The van der Waals surface area contributed by atoms with Crippen LogP contribution in [0.5, 0.6) is 0 Å². The standard InChI is InChI=1S/C30H34N8.ClH/c1-20-13-16-32-29(33-20)35-22-11-9-21(10-12-22)34-28-25(19-31)27(24-7-5-6-8-26(24)36-28)38-17-14-23(15-18-38)37-30(2,3)4;/h5-13,16,23,37H,14-15,17-18H2,1-4H3,(H,34,36)(H,32,33,35);1H. The topological polar surface area (TPSA) is 102 Å². The highest BCUT2D eigenvalue weighted by Crippen LogP contribution is 2.36. The molecular formula is C30H35ClN8. The molecule has 1 aliphatic rings. The Morgan fingerprint density at radius 1 is 0.923 bits per heavy atom. The summed E-state index contributed by atoms with van der Waals surface area (Å²) in [4.78, 5) is 15.9. The Morgan fingerprint density at radius 3 is 2.23 bits per heavy atom. The maximum atomic E-state index is 10.3. The van der Waals surface area contributed by atoms with Crippen molar-refractivity contribution in [3.63, 3.8) is 0 Å². The van der Waals surface area contributed by atoms with Crippen molar-refractivity contribution in [3.8, 4) is 6.07 Å². The van der Waals surface area contributed by atoms with Crippen LogP contribution < -0.4 is 20.9 Å². The number of nitrogens with zero attached hydrogens (tertiary/aromatic N) is 5. The zero-order chi connectivity index (χ0) is 26.7. The second-order valence-electron chi connectivity index (χ2n) is 10.8. The summed E-state index contributed by atoms with van der Waals surface area (Å²) >= 11 is 0. The van der Waals surface area contributed by atoms with Gasteiger partial charge in [0.05, 0.1) is 11.2 Å². The molecule has 9 heteroatoms. The summed E-state index contributed by atoms with van der Waals surface area (Å²) in [5.41, 5.74) is 5.11. The fraction of sp³-hybridized carbons (Fsp3) is 0.333. The number of nitriles is 1. The largest absolute Gasteiger partial charge is 0.370 e. The summed E-state index contributed by atoms with van der Waals surface area (Å²) in [6.07, 6.45) is 3.79. The number of aromatic nitrogens is 3. The van der Waals surface area contributed by atoms with Crippen LogP contribution in [-0.2, 0) is 0 Å². The highest BCUT2D eigenvalue weighted by atomic mass is 35.5. The van der Waals surface area contributed by atoms with Gasteiger partial charge in [-0.1, -0.05) is 18.2 Å². The van der Waals surface area contributed by atoms with E-state index in [2.05, 4.69) is 63.7 Å². The van der Waals surface area contributed by atoms with Gasteiger partial charge >= 0.3 is 0 Å². The average Bonchev–Trinajstić information content (AvgIpc) is 2.89. The molecule has 5 rings (SSSR count). The summed E-state index contributed by atoms with van der Waals surface area (Å²) in [6.45, 7) is 10.3. The first-order valence-electron chi connectivity index (χ1n) is 13.1. The van der Waals surface area contributed by atoms with Crippen molar-refractivity contribution in [2.75, 3.05) is 28.6 Å². The monoisotopic (exact) mass is 542 g/mol. The predicted molar refractivity (Wildman–Crippen MR) is 162 cm³/mol. The summed E-state index contributed by atoms with van der Waals surface area (Å²) in [5, 5.41) is 21.7. The van der Waals surface area contributed by atoms with E-state index in [4.69, 9.17) is 4.98 Å². The van der Waals surface area contributed by atoms with Crippen molar-refractivity contribution in [1.82, 2.24) is 20.3 Å². The number of para-hydroxylation sites is 1. The van der Waals surface area contributed by atoms with Crippen molar-refractivity contribution in [2.45, 2.75) is 52.1 Å². The summed E-state index contributed by atoms with van der Waals surface area (Å²) in [5.74, 6) is 1.12. The molecule has 0 aliphatic carbocycles. The number of rotatable bonds is 6. The zero-order valence-corrected chi connectivity index (χ0v) is 23.6. The summed E-state index contributed by atoms with van der Waals surface area (Å²) in [7, 11) is 0. The first-order valence-corrected chi connectivity index (χ1v) is 13.1. The second-order valence-corrected chi connectivity index (χ2v) is 10.8. The first-order chi connectivity index (χ1) is 18.3. The van der Waals surface area contributed by atoms with Crippen LogP contribution in [-0.4, -0.2) is 39.6 Å². The number of halogens is 1. The Bertz CT molecular complexity index is 1470. The quantitative estimate of drug-likeness (QED) is 0.255. The van der Waals surface area contributed by atoms with E-state index in [0.717, 1.165) is 59.6 Å². The van der Waals surface area contributed by atoms with Gasteiger partial charge in [-0.3, -0.25) is 0 Å². The molecule has 202 valence electrons. The van der Waals surface area contributed by atoms with E-state index in [9.17, 15) is 5.26 Å². The van der Waals surface area contributed by atoms with E-state index < -0.39 is 0 Å². The zero-order valence-electron chi connectivity index (χ0n) is 22.8. The van der Waals surface area contributed by atoms with Gasteiger partial charge in [0.1, 0.15) is 11.6 Å². The van der Waals surface area contributed by atoms with Gasteiger partial charge in [-0.15, -0.1) is 12.4 Å². The molecule has 0 bridgehead atoms. The molecule has 1 saturated heterocycles. The number of piperidine rings is 1. The smallest absolute Gasteiger partial charge is 0.227 e. The van der Waals surface area contributed by atoms with Crippen LogP contribution in [0.25, 0.3) is 10.9 Å². The van der Waals surface area contributed by atoms with Crippen molar-refractivity contribution < 1.29 is 0 Å². The molecule has 0 spiro atoms. The number of anilines is 5. The number of hydrogen-bond acceptors (Lipinski definition) is 8. The van der Waals surface area contributed by atoms with E-state index >= 15 is 0 Å². The van der Waals surface area contributed by atoms with Crippen molar-refractivity contribution in [3.05, 3.63) is 72.1 Å². The molecule has 8 nitrogen and oxygen atoms in total.